The summed E-state index contributed by atoms with van der Waals surface area (Å²) < 4.78 is 0. The van der Waals surface area contributed by atoms with Crippen molar-refractivity contribution < 1.29 is 14.4 Å². The zero-order chi connectivity index (χ0) is 34.2. The molecule has 3 aliphatic rings. The van der Waals surface area contributed by atoms with E-state index in [0.717, 1.165) is 89.3 Å². The number of amides is 3. The van der Waals surface area contributed by atoms with Crippen LogP contribution in [-0.2, 0) is 17.8 Å². The number of rotatable bonds is 10. The second-order valence-electron chi connectivity index (χ2n) is 13.6. The van der Waals surface area contributed by atoms with E-state index < -0.39 is 0 Å². The topological polar surface area (TPSA) is 118 Å². The Morgan fingerprint density at radius 3 is 2.31 bits per heavy atom. The number of aryl methyl sites for hydroxylation is 1. The number of hydrogen-bond acceptors (Lipinski definition) is 9. The smallest absolute Gasteiger partial charge is 0.273 e. The lowest BCUT2D eigenvalue weighted by atomic mass is 9.95. The van der Waals surface area contributed by atoms with Crippen molar-refractivity contribution in [2.75, 3.05) is 85.6 Å². The molecule has 0 spiro atoms. The van der Waals surface area contributed by atoms with Crippen molar-refractivity contribution in [3.05, 3.63) is 77.6 Å². The molecule has 3 aliphatic heterocycles. The summed E-state index contributed by atoms with van der Waals surface area (Å²) in [5, 5.41) is 2.93. The first-order valence-electron chi connectivity index (χ1n) is 17.7. The number of aromatic nitrogens is 3. The SMILES string of the molecule is CCc1cccc(-c2cnc(C(=O)N3CCC(CN4CCN(CC(=O)N5CCN(C)CC5)CC4)CC3)c(C(=O)NCc3ccncn3)c2)c1. The van der Waals surface area contributed by atoms with E-state index in [-0.39, 0.29) is 35.5 Å². The van der Waals surface area contributed by atoms with Crippen molar-refractivity contribution in [1.29, 1.82) is 0 Å². The highest BCUT2D eigenvalue weighted by Gasteiger charge is 2.30. The summed E-state index contributed by atoms with van der Waals surface area (Å²) in [7, 11) is 2.10. The molecule has 12 nitrogen and oxygen atoms in total. The molecule has 0 radical (unpaired) electrons. The van der Waals surface area contributed by atoms with Gasteiger partial charge in [0.15, 0.2) is 0 Å². The molecule has 260 valence electrons. The molecule has 5 heterocycles. The maximum Gasteiger partial charge on any atom is 0.273 e. The van der Waals surface area contributed by atoms with Gasteiger partial charge in [-0.05, 0) is 55.5 Å². The third kappa shape index (κ3) is 9.05. The van der Waals surface area contributed by atoms with Gasteiger partial charge in [-0.1, -0.05) is 31.2 Å². The predicted molar refractivity (Wildman–Crippen MR) is 188 cm³/mol. The minimum absolute atomic E-state index is 0.177. The highest BCUT2D eigenvalue weighted by atomic mass is 16.2. The molecule has 3 saturated heterocycles. The van der Waals surface area contributed by atoms with Gasteiger partial charge >= 0.3 is 0 Å². The molecule has 1 N–H and O–H groups in total. The van der Waals surface area contributed by atoms with Gasteiger partial charge < -0.3 is 24.9 Å². The minimum Gasteiger partial charge on any atom is -0.346 e. The first-order chi connectivity index (χ1) is 23.9. The van der Waals surface area contributed by atoms with Crippen LogP contribution in [0.3, 0.4) is 0 Å². The molecule has 3 aromatic rings. The van der Waals surface area contributed by atoms with Crippen LogP contribution in [0.2, 0.25) is 0 Å². The minimum atomic E-state index is -0.359. The lowest BCUT2D eigenvalue weighted by Gasteiger charge is -2.39. The molecule has 12 heteroatoms. The van der Waals surface area contributed by atoms with E-state index in [4.69, 9.17) is 0 Å². The van der Waals surface area contributed by atoms with Gasteiger partial charge in [-0.15, -0.1) is 0 Å². The normalized spacial score (nSPS) is 18.4. The van der Waals surface area contributed by atoms with Crippen LogP contribution in [0.15, 0.2) is 55.1 Å². The van der Waals surface area contributed by atoms with Crippen LogP contribution in [0.1, 0.15) is 51.9 Å². The Hall–Kier alpha value is -4.26. The number of nitrogens with one attached hydrogen (secondary N) is 1. The summed E-state index contributed by atoms with van der Waals surface area (Å²) in [6.45, 7) is 12.4. The third-order valence-electron chi connectivity index (χ3n) is 10.2. The van der Waals surface area contributed by atoms with Crippen LogP contribution < -0.4 is 5.32 Å². The van der Waals surface area contributed by atoms with E-state index in [1.165, 1.54) is 11.9 Å². The van der Waals surface area contributed by atoms with Gasteiger partial charge in [0.1, 0.15) is 12.0 Å². The van der Waals surface area contributed by atoms with Crippen molar-refractivity contribution >= 4 is 17.7 Å². The summed E-state index contributed by atoms with van der Waals surface area (Å²) in [4.78, 5) is 64.0. The maximum atomic E-state index is 13.9. The fourth-order valence-electron chi connectivity index (χ4n) is 6.94. The largest absolute Gasteiger partial charge is 0.346 e. The number of nitrogens with zero attached hydrogens (tertiary/aromatic N) is 8. The second kappa shape index (κ2) is 16.4. The van der Waals surface area contributed by atoms with Crippen LogP contribution in [0.5, 0.6) is 0 Å². The molecule has 0 atom stereocenters. The first-order valence-corrected chi connectivity index (χ1v) is 17.7. The number of likely N-dealkylation sites (N-methyl/N-ethyl adjacent to an activating group) is 1. The van der Waals surface area contributed by atoms with Crippen molar-refractivity contribution in [3.63, 3.8) is 0 Å². The number of carbonyl (C=O) groups excluding carboxylic acids is 3. The van der Waals surface area contributed by atoms with Crippen LogP contribution in [0.25, 0.3) is 11.1 Å². The van der Waals surface area contributed by atoms with E-state index in [1.807, 2.05) is 21.9 Å². The fraction of sp³-hybridized carbons (Fsp3) is 0.514. The average molecular weight is 668 g/mol. The Balaban J connectivity index is 1.04. The molecular weight excluding hydrogens is 618 g/mol. The lowest BCUT2D eigenvalue weighted by molar-refractivity contribution is -0.134. The Kier molecular flexibility index (Phi) is 11.6. The van der Waals surface area contributed by atoms with Crippen molar-refractivity contribution in [2.45, 2.75) is 32.7 Å². The Labute approximate surface area is 289 Å². The van der Waals surface area contributed by atoms with Crippen molar-refractivity contribution in [3.8, 4) is 11.1 Å². The molecule has 2 aromatic heterocycles. The summed E-state index contributed by atoms with van der Waals surface area (Å²) in [6.07, 6.45) is 7.49. The van der Waals surface area contributed by atoms with E-state index in [9.17, 15) is 14.4 Å². The summed E-state index contributed by atoms with van der Waals surface area (Å²) in [5.41, 5.74) is 4.06. The average Bonchev–Trinajstić information content (AvgIpc) is 3.15. The summed E-state index contributed by atoms with van der Waals surface area (Å²) in [5.74, 6) is 0.180. The number of piperidine rings is 1. The van der Waals surface area contributed by atoms with Crippen molar-refractivity contribution in [2.24, 2.45) is 5.92 Å². The van der Waals surface area contributed by atoms with Crippen molar-refractivity contribution in [1.82, 2.24) is 44.8 Å². The maximum absolute atomic E-state index is 13.9. The number of carbonyl (C=O) groups is 3. The Bertz CT molecular complexity index is 1580. The number of piperazine rings is 2. The molecule has 3 fully saturated rings. The monoisotopic (exact) mass is 667 g/mol. The highest BCUT2D eigenvalue weighted by Crippen LogP contribution is 2.25. The number of hydrogen-bond donors (Lipinski definition) is 1. The molecular formula is C37H49N9O3. The van der Waals surface area contributed by atoms with E-state index in [0.29, 0.717) is 31.2 Å². The second-order valence-corrected chi connectivity index (χ2v) is 13.6. The number of benzene rings is 1. The molecule has 0 unspecified atom stereocenters. The van der Waals surface area contributed by atoms with E-state index >= 15 is 0 Å². The summed E-state index contributed by atoms with van der Waals surface area (Å²) >= 11 is 0. The molecule has 0 bridgehead atoms. The van der Waals surface area contributed by atoms with Gasteiger partial charge in [-0.3, -0.25) is 19.3 Å². The van der Waals surface area contributed by atoms with Gasteiger partial charge in [0.2, 0.25) is 5.91 Å². The Morgan fingerprint density at radius 2 is 1.59 bits per heavy atom. The number of likely N-dealkylation sites (tertiary alicyclic amines) is 1. The predicted octanol–water partition coefficient (Wildman–Crippen LogP) is 2.27. The van der Waals surface area contributed by atoms with Crippen LogP contribution >= 0.6 is 0 Å². The molecule has 0 saturated carbocycles. The van der Waals surface area contributed by atoms with Gasteiger partial charge in [0, 0.05) is 89.9 Å². The standard InChI is InChI=1S/C37H49N9O3/c1-3-28-5-4-6-30(21-28)31-22-33(36(48)40-24-32-7-10-38-27-41-32)35(39-23-31)37(49)46-11-8-29(9-12-46)25-43-15-17-44(18-16-43)26-34(47)45-19-13-42(2)14-20-45/h4-7,10,21-23,27,29H,3,8-9,11-20,24-26H2,1-2H3,(H,40,48). The third-order valence-corrected chi connectivity index (χ3v) is 10.2. The first kappa shape index (κ1) is 34.6. The van der Waals surface area contributed by atoms with E-state index in [1.54, 1.807) is 24.5 Å². The molecule has 1 aromatic carbocycles. The fourth-order valence-corrected chi connectivity index (χ4v) is 6.94. The molecule has 49 heavy (non-hydrogen) atoms. The zero-order valence-electron chi connectivity index (χ0n) is 28.9. The van der Waals surface area contributed by atoms with Gasteiger partial charge in [-0.25, -0.2) is 15.0 Å². The zero-order valence-corrected chi connectivity index (χ0v) is 28.9. The van der Waals surface area contributed by atoms with Crippen LogP contribution in [0.4, 0.5) is 0 Å². The van der Waals surface area contributed by atoms with Crippen LogP contribution in [-0.4, -0.2) is 143 Å². The quantitative estimate of drug-likeness (QED) is 0.348. The van der Waals surface area contributed by atoms with Gasteiger partial charge in [0.25, 0.3) is 11.8 Å². The lowest BCUT2D eigenvalue weighted by Crippen LogP contribution is -2.54. The summed E-state index contributed by atoms with van der Waals surface area (Å²) in [6, 6.07) is 11.7. The highest BCUT2D eigenvalue weighted by molar-refractivity contribution is 6.06. The van der Waals surface area contributed by atoms with Gasteiger partial charge in [0.05, 0.1) is 24.3 Å². The molecule has 0 aliphatic carbocycles. The van der Waals surface area contributed by atoms with E-state index in [2.05, 4.69) is 61.1 Å². The molecule has 3 amide bonds. The number of pyridine rings is 1. The Morgan fingerprint density at radius 1 is 0.837 bits per heavy atom. The van der Waals surface area contributed by atoms with Gasteiger partial charge in [-0.2, -0.15) is 0 Å². The van der Waals surface area contributed by atoms with Crippen LogP contribution in [0, 0.1) is 5.92 Å². The molecule has 6 rings (SSSR count).